The van der Waals surface area contributed by atoms with Gasteiger partial charge in [-0.3, -0.25) is 4.79 Å². The van der Waals surface area contributed by atoms with Crippen LogP contribution in [0.1, 0.15) is 35.0 Å². The molecule has 2 aromatic carbocycles. The van der Waals surface area contributed by atoms with Crippen molar-refractivity contribution in [2.75, 3.05) is 20.8 Å². The molecule has 1 atom stereocenters. The summed E-state index contributed by atoms with van der Waals surface area (Å²) in [6.07, 6.45) is 1.82. The number of aromatic nitrogens is 1. The third kappa shape index (κ3) is 3.33. The molecule has 0 saturated carbocycles. The summed E-state index contributed by atoms with van der Waals surface area (Å²) in [4.78, 5) is 14.9. The lowest BCUT2D eigenvalue weighted by atomic mass is 10.0. The van der Waals surface area contributed by atoms with E-state index in [0.717, 1.165) is 24.0 Å². The lowest BCUT2D eigenvalue weighted by molar-refractivity contribution is 0.0693. The summed E-state index contributed by atoms with van der Waals surface area (Å²) in [5.74, 6) is 1.44. The van der Waals surface area contributed by atoms with Crippen LogP contribution in [0.3, 0.4) is 0 Å². The molecule has 1 saturated heterocycles. The first-order chi connectivity index (χ1) is 13.7. The smallest absolute Gasteiger partial charge is 0.292 e. The second kappa shape index (κ2) is 7.76. The van der Waals surface area contributed by atoms with Crippen LogP contribution < -0.4 is 9.47 Å². The van der Waals surface area contributed by atoms with Gasteiger partial charge in [0.05, 0.1) is 20.3 Å². The second-order valence-corrected chi connectivity index (χ2v) is 6.71. The topological polar surface area (TPSA) is 64.8 Å². The van der Waals surface area contributed by atoms with E-state index in [0.29, 0.717) is 23.7 Å². The molecule has 144 valence electrons. The van der Waals surface area contributed by atoms with Gasteiger partial charge in [-0.15, -0.1) is 0 Å². The number of carbonyl (C=O) groups excluding carboxylic acids is 1. The van der Waals surface area contributed by atoms with E-state index in [9.17, 15) is 4.79 Å². The summed E-state index contributed by atoms with van der Waals surface area (Å²) in [5.41, 5.74) is 2.60. The minimum Gasteiger partial charge on any atom is -0.493 e. The van der Waals surface area contributed by atoms with Gasteiger partial charge in [-0.1, -0.05) is 41.6 Å². The minimum atomic E-state index is -0.146. The quantitative estimate of drug-likeness (QED) is 0.661. The van der Waals surface area contributed by atoms with Crippen molar-refractivity contribution in [3.05, 3.63) is 65.9 Å². The van der Waals surface area contributed by atoms with Crippen LogP contribution in [0.15, 0.2) is 59.1 Å². The van der Waals surface area contributed by atoms with E-state index in [4.69, 9.17) is 14.0 Å². The van der Waals surface area contributed by atoms with Crippen LogP contribution in [0, 0.1) is 0 Å². The average Bonchev–Trinajstić information content (AvgIpc) is 3.43. The SMILES string of the molecule is COc1ccc(C2CCCN2C(=O)c2cc(-c3ccccc3)no2)cc1OC. The standard InChI is InChI=1S/C22H22N2O4/c1-26-19-11-10-16(13-20(19)27-2)18-9-6-12-24(18)22(25)21-14-17(23-28-21)15-7-4-3-5-8-15/h3-5,7-8,10-11,13-14,18H,6,9,12H2,1-2H3. The molecular weight excluding hydrogens is 356 g/mol. The molecule has 3 aromatic rings. The Bertz CT molecular complexity index is 968. The number of carbonyl (C=O) groups is 1. The van der Waals surface area contributed by atoms with Gasteiger partial charge in [0.15, 0.2) is 11.5 Å². The number of methoxy groups -OCH3 is 2. The van der Waals surface area contributed by atoms with E-state index < -0.39 is 0 Å². The molecule has 6 heteroatoms. The second-order valence-electron chi connectivity index (χ2n) is 6.71. The summed E-state index contributed by atoms with van der Waals surface area (Å²) in [5, 5.41) is 4.07. The highest BCUT2D eigenvalue weighted by Gasteiger charge is 2.33. The molecule has 1 aromatic heterocycles. The van der Waals surface area contributed by atoms with Crippen LogP contribution in [-0.2, 0) is 0 Å². The number of ether oxygens (including phenoxy) is 2. The number of hydrogen-bond acceptors (Lipinski definition) is 5. The van der Waals surface area contributed by atoms with Crippen molar-refractivity contribution in [3.63, 3.8) is 0 Å². The molecule has 0 bridgehead atoms. The highest BCUT2D eigenvalue weighted by molar-refractivity contribution is 5.93. The molecule has 28 heavy (non-hydrogen) atoms. The Kier molecular flexibility index (Phi) is 5.02. The predicted molar refractivity (Wildman–Crippen MR) is 104 cm³/mol. The first-order valence-electron chi connectivity index (χ1n) is 9.26. The Morgan fingerprint density at radius 2 is 1.86 bits per heavy atom. The van der Waals surface area contributed by atoms with Gasteiger partial charge in [-0.05, 0) is 30.5 Å². The van der Waals surface area contributed by atoms with Crippen molar-refractivity contribution in [2.24, 2.45) is 0 Å². The Morgan fingerprint density at radius 1 is 1.07 bits per heavy atom. The first kappa shape index (κ1) is 18.1. The van der Waals surface area contributed by atoms with Gasteiger partial charge in [0.1, 0.15) is 5.69 Å². The Hall–Kier alpha value is -3.28. The van der Waals surface area contributed by atoms with Crippen molar-refractivity contribution in [1.29, 1.82) is 0 Å². The summed E-state index contributed by atoms with van der Waals surface area (Å²) in [6.45, 7) is 0.680. The monoisotopic (exact) mass is 378 g/mol. The fraction of sp³-hybridized carbons (Fsp3) is 0.273. The number of rotatable bonds is 5. The van der Waals surface area contributed by atoms with E-state index >= 15 is 0 Å². The van der Waals surface area contributed by atoms with E-state index in [-0.39, 0.29) is 17.7 Å². The van der Waals surface area contributed by atoms with Crippen LogP contribution in [0.5, 0.6) is 11.5 Å². The summed E-state index contributed by atoms with van der Waals surface area (Å²) in [7, 11) is 3.22. The zero-order valence-electron chi connectivity index (χ0n) is 15.9. The van der Waals surface area contributed by atoms with Gasteiger partial charge in [0.2, 0.25) is 5.76 Å². The molecule has 4 rings (SSSR count). The van der Waals surface area contributed by atoms with Crippen molar-refractivity contribution < 1.29 is 18.8 Å². The molecule has 1 aliphatic heterocycles. The fourth-order valence-corrected chi connectivity index (χ4v) is 3.68. The maximum Gasteiger partial charge on any atom is 0.292 e. The van der Waals surface area contributed by atoms with E-state index in [2.05, 4.69) is 5.16 Å². The van der Waals surface area contributed by atoms with Gasteiger partial charge < -0.3 is 18.9 Å². The van der Waals surface area contributed by atoms with Gasteiger partial charge in [-0.25, -0.2) is 0 Å². The summed E-state index contributed by atoms with van der Waals surface area (Å²) in [6, 6.07) is 17.1. The van der Waals surface area contributed by atoms with Crippen LogP contribution >= 0.6 is 0 Å². The molecule has 0 spiro atoms. The molecule has 1 unspecified atom stereocenters. The number of benzene rings is 2. The Morgan fingerprint density at radius 3 is 2.61 bits per heavy atom. The average molecular weight is 378 g/mol. The molecule has 1 aliphatic rings. The molecule has 6 nitrogen and oxygen atoms in total. The summed E-state index contributed by atoms with van der Waals surface area (Å²) >= 11 is 0. The van der Waals surface area contributed by atoms with Gasteiger partial charge in [0, 0.05) is 18.2 Å². The zero-order valence-corrected chi connectivity index (χ0v) is 15.9. The molecule has 1 fully saturated rings. The molecular formula is C22H22N2O4. The lowest BCUT2D eigenvalue weighted by Crippen LogP contribution is -2.30. The molecule has 1 amide bonds. The third-order valence-electron chi connectivity index (χ3n) is 5.10. The fourth-order valence-electron chi connectivity index (χ4n) is 3.68. The van der Waals surface area contributed by atoms with Gasteiger partial charge in [-0.2, -0.15) is 0 Å². The van der Waals surface area contributed by atoms with Gasteiger partial charge in [0.25, 0.3) is 5.91 Å². The van der Waals surface area contributed by atoms with Crippen molar-refractivity contribution in [1.82, 2.24) is 10.1 Å². The van der Waals surface area contributed by atoms with Crippen molar-refractivity contribution >= 4 is 5.91 Å². The maximum absolute atomic E-state index is 13.1. The maximum atomic E-state index is 13.1. The largest absolute Gasteiger partial charge is 0.493 e. The van der Waals surface area contributed by atoms with Crippen LogP contribution in [0.25, 0.3) is 11.3 Å². The first-order valence-corrected chi connectivity index (χ1v) is 9.26. The lowest BCUT2D eigenvalue weighted by Gasteiger charge is -2.24. The van der Waals surface area contributed by atoms with E-state index in [1.165, 1.54) is 0 Å². The number of nitrogens with zero attached hydrogens (tertiary/aromatic N) is 2. The number of amides is 1. The Labute approximate surface area is 163 Å². The van der Waals surface area contributed by atoms with Crippen LogP contribution in [0.4, 0.5) is 0 Å². The van der Waals surface area contributed by atoms with E-state index in [1.807, 2.05) is 53.4 Å². The van der Waals surface area contributed by atoms with Crippen LogP contribution in [-0.4, -0.2) is 36.7 Å². The Balaban J connectivity index is 1.58. The third-order valence-corrected chi connectivity index (χ3v) is 5.10. The van der Waals surface area contributed by atoms with Crippen molar-refractivity contribution in [2.45, 2.75) is 18.9 Å². The van der Waals surface area contributed by atoms with Crippen molar-refractivity contribution in [3.8, 4) is 22.8 Å². The summed E-state index contributed by atoms with van der Waals surface area (Å²) < 4.78 is 16.1. The molecule has 0 N–H and O–H groups in total. The van der Waals surface area contributed by atoms with E-state index in [1.54, 1.807) is 20.3 Å². The number of hydrogen-bond donors (Lipinski definition) is 0. The minimum absolute atomic E-state index is 0.0300. The van der Waals surface area contributed by atoms with Gasteiger partial charge >= 0.3 is 0 Å². The molecule has 0 aliphatic carbocycles. The zero-order chi connectivity index (χ0) is 19.5. The molecule has 0 radical (unpaired) electrons. The normalized spacial score (nSPS) is 16.2. The predicted octanol–water partition coefficient (Wildman–Crippen LogP) is 4.34. The highest BCUT2D eigenvalue weighted by Crippen LogP contribution is 2.37. The van der Waals surface area contributed by atoms with Crippen LogP contribution in [0.2, 0.25) is 0 Å². The number of likely N-dealkylation sites (tertiary alicyclic amines) is 1. The highest BCUT2D eigenvalue weighted by atomic mass is 16.5. The molecule has 2 heterocycles.